The molecule has 0 aliphatic carbocycles. The van der Waals surface area contributed by atoms with Gasteiger partial charge in [-0.05, 0) is 48.9 Å². The lowest BCUT2D eigenvalue weighted by Gasteiger charge is -2.08. The second-order valence-corrected chi connectivity index (χ2v) is 5.48. The standard InChI is InChI=1S/C18H20ClNO2/c1-2-3-4-12-22-17-10-8-16(9-11-17)20-18(21)14-6-5-7-15(19)13-14/h5-11,13H,2-4,12H2,1H3,(H,20,21). The molecule has 2 aromatic rings. The number of hydrogen-bond acceptors (Lipinski definition) is 2. The number of carbonyl (C=O) groups excluding carboxylic acids is 1. The zero-order chi connectivity index (χ0) is 15.8. The highest BCUT2D eigenvalue weighted by Crippen LogP contribution is 2.18. The van der Waals surface area contributed by atoms with E-state index >= 15 is 0 Å². The summed E-state index contributed by atoms with van der Waals surface area (Å²) < 4.78 is 5.64. The van der Waals surface area contributed by atoms with Gasteiger partial charge < -0.3 is 10.1 Å². The Morgan fingerprint density at radius 2 is 1.91 bits per heavy atom. The van der Waals surface area contributed by atoms with Crippen LogP contribution in [0.3, 0.4) is 0 Å². The number of amides is 1. The van der Waals surface area contributed by atoms with E-state index in [0.717, 1.165) is 24.5 Å². The van der Waals surface area contributed by atoms with Gasteiger partial charge in [0.15, 0.2) is 0 Å². The van der Waals surface area contributed by atoms with Gasteiger partial charge in [0.25, 0.3) is 5.91 Å². The lowest BCUT2D eigenvalue weighted by atomic mass is 10.2. The van der Waals surface area contributed by atoms with Crippen molar-refractivity contribution in [1.82, 2.24) is 0 Å². The van der Waals surface area contributed by atoms with E-state index in [4.69, 9.17) is 16.3 Å². The summed E-state index contributed by atoms with van der Waals surface area (Å²) in [5.41, 5.74) is 1.26. The Morgan fingerprint density at radius 3 is 2.59 bits per heavy atom. The van der Waals surface area contributed by atoms with E-state index in [9.17, 15) is 4.79 Å². The molecule has 0 heterocycles. The van der Waals surface area contributed by atoms with Crippen molar-refractivity contribution in [3.63, 3.8) is 0 Å². The molecule has 1 N–H and O–H groups in total. The maximum absolute atomic E-state index is 12.1. The molecule has 0 radical (unpaired) electrons. The normalized spacial score (nSPS) is 10.3. The summed E-state index contributed by atoms with van der Waals surface area (Å²) in [4.78, 5) is 12.1. The molecule has 0 saturated carbocycles. The third-order valence-electron chi connectivity index (χ3n) is 3.22. The highest BCUT2D eigenvalue weighted by atomic mass is 35.5. The van der Waals surface area contributed by atoms with Gasteiger partial charge in [-0.2, -0.15) is 0 Å². The number of nitrogens with one attached hydrogen (secondary N) is 1. The fourth-order valence-corrected chi connectivity index (χ4v) is 2.20. The molecule has 3 nitrogen and oxygen atoms in total. The van der Waals surface area contributed by atoms with E-state index in [2.05, 4.69) is 12.2 Å². The van der Waals surface area contributed by atoms with E-state index in [1.165, 1.54) is 12.8 Å². The molecule has 0 saturated heterocycles. The number of benzene rings is 2. The number of hydrogen-bond donors (Lipinski definition) is 1. The largest absolute Gasteiger partial charge is 0.494 e. The zero-order valence-corrected chi connectivity index (χ0v) is 13.4. The number of halogens is 1. The first-order valence-corrected chi connectivity index (χ1v) is 7.86. The Hall–Kier alpha value is -2.00. The van der Waals surface area contributed by atoms with Crippen molar-refractivity contribution >= 4 is 23.2 Å². The summed E-state index contributed by atoms with van der Waals surface area (Å²) >= 11 is 5.89. The highest BCUT2D eigenvalue weighted by Gasteiger charge is 2.06. The van der Waals surface area contributed by atoms with Crippen molar-refractivity contribution < 1.29 is 9.53 Å². The van der Waals surface area contributed by atoms with Crippen molar-refractivity contribution in [2.45, 2.75) is 26.2 Å². The minimum atomic E-state index is -0.181. The Morgan fingerprint density at radius 1 is 1.14 bits per heavy atom. The van der Waals surface area contributed by atoms with E-state index < -0.39 is 0 Å². The Balaban J connectivity index is 1.89. The van der Waals surface area contributed by atoms with Gasteiger partial charge in [-0.1, -0.05) is 37.4 Å². The quantitative estimate of drug-likeness (QED) is 0.716. The molecule has 0 unspecified atom stereocenters. The zero-order valence-electron chi connectivity index (χ0n) is 12.6. The monoisotopic (exact) mass is 317 g/mol. The second kappa shape index (κ2) is 8.44. The summed E-state index contributed by atoms with van der Waals surface area (Å²) in [7, 11) is 0. The van der Waals surface area contributed by atoms with Crippen LogP contribution in [0.25, 0.3) is 0 Å². The molecule has 0 bridgehead atoms. The molecule has 0 aliphatic rings. The van der Waals surface area contributed by atoms with Crippen molar-refractivity contribution in [2.75, 3.05) is 11.9 Å². The highest BCUT2D eigenvalue weighted by molar-refractivity contribution is 6.31. The fraction of sp³-hybridized carbons (Fsp3) is 0.278. The molecule has 0 spiro atoms. The molecule has 0 fully saturated rings. The van der Waals surface area contributed by atoms with Gasteiger partial charge in [-0.3, -0.25) is 4.79 Å². The van der Waals surface area contributed by atoms with Gasteiger partial charge in [0.1, 0.15) is 5.75 Å². The van der Waals surface area contributed by atoms with Gasteiger partial charge in [0.05, 0.1) is 6.61 Å². The van der Waals surface area contributed by atoms with Crippen LogP contribution in [0.2, 0.25) is 5.02 Å². The SMILES string of the molecule is CCCCCOc1ccc(NC(=O)c2cccc(Cl)c2)cc1. The van der Waals surface area contributed by atoms with Crippen molar-refractivity contribution in [2.24, 2.45) is 0 Å². The van der Waals surface area contributed by atoms with Crippen LogP contribution in [0.15, 0.2) is 48.5 Å². The molecule has 1 amide bonds. The summed E-state index contributed by atoms with van der Waals surface area (Å²) in [5, 5.41) is 3.38. The van der Waals surface area contributed by atoms with Gasteiger partial charge in [0.2, 0.25) is 0 Å². The maximum Gasteiger partial charge on any atom is 0.255 e. The van der Waals surface area contributed by atoms with Gasteiger partial charge in [-0.25, -0.2) is 0 Å². The summed E-state index contributed by atoms with van der Waals surface area (Å²) in [6, 6.07) is 14.2. The summed E-state index contributed by atoms with van der Waals surface area (Å²) in [6.45, 7) is 2.89. The number of ether oxygens (including phenoxy) is 1. The number of unbranched alkanes of at least 4 members (excludes halogenated alkanes) is 2. The fourth-order valence-electron chi connectivity index (χ4n) is 2.01. The molecule has 0 aliphatic heterocycles. The van der Waals surface area contributed by atoms with Crippen LogP contribution in [0.1, 0.15) is 36.5 Å². The average molecular weight is 318 g/mol. The molecular weight excluding hydrogens is 298 g/mol. The van der Waals surface area contributed by atoms with Crippen LogP contribution < -0.4 is 10.1 Å². The van der Waals surface area contributed by atoms with E-state index in [1.807, 2.05) is 24.3 Å². The Bertz CT molecular complexity index is 611. The van der Waals surface area contributed by atoms with Crippen LogP contribution in [-0.4, -0.2) is 12.5 Å². The van der Waals surface area contributed by atoms with Crippen molar-refractivity contribution in [3.05, 3.63) is 59.1 Å². The first kappa shape index (κ1) is 16.4. The molecule has 2 aromatic carbocycles. The second-order valence-electron chi connectivity index (χ2n) is 5.04. The van der Waals surface area contributed by atoms with Crippen molar-refractivity contribution in [1.29, 1.82) is 0 Å². The van der Waals surface area contributed by atoms with Crippen LogP contribution >= 0.6 is 11.6 Å². The smallest absolute Gasteiger partial charge is 0.255 e. The molecule has 2 rings (SSSR count). The van der Waals surface area contributed by atoms with Gasteiger partial charge in [-0.15, -0.1) is 0 Å². The van der Waals surface area contributed by atoms with Crippen LogP contribution in [0.4, 0.5) is 5.69 Å². The Labute approximate surface area is 136 Å². The van der Waals surface area contributed by atoms with Gasteiger partial charge in [0, 0.05) is 16.3 Å². The number of carbonyl (C=O) groups is 1. The van der Waals surface area contributed by atoms with E-state index in [1.54, 1.807) is 24.3 Å². The van der Waals surface area contributed by atoms with E-state index in [0.29, 0.717) is 10.6 Å². The number of anilines is 1. The maximum atomic E-state index is 12.1. The van der Waals surface area contributed by atoms with Crippen LogP contribution in [0.5, 0.6) is 5.75 Å². The molecule has 0 aromatic heterocycles. The first-order valence-electron chi connectivity index (χ1n) is 7.49. The van der Waals surface area contributed by atoms with Crippen LogP contribution in [0, 0.1) is 0 Å². The third kappa shape index (κ3) is 5.08. The minimum absolute atomic E-state index is 0.181. The average Bonchev–Trinajstić information content (AvgIpc) is 2.53. The third-order valence-corrected chi connectivity index (χ3v) is 3.45. The number of rotatable bonds is 7. The molecule has 4 heteroatoms. The van der Waals surface area contributed by atoms with Crippen LogP contribution in [-0.2, 0) is 0 Å². The van der Waals surface area contributed by atoms with Gasteiger partial charge >= 0.3 is 0 Å². The lowest BCUT2D eigenvalue weighted by Crippen LogP contribution is -2.11. The predicted molar refractivity (Wildman–Crippen MR) is 90.9 cm³/mol. The molecular formula is C18H20ClNO2. The molecule has 22 heavy (non-hydrogen) atoms. The Kier molecular flexibility index (Phi) is 6.28. The summed E-state index contributed by atoms with van der Waals surface area (Å²) in [5.74, 6) is 0.635. The predicted octanol–water partition coefficient (Wildman–Crippen LogP) is 5.16. The first-order chi connectivity index (χ1) is 10.7. The summed E-state index contributed by atoms with van der Waals surface area (Å²) in [6.07, 6.45) is 3.41. The van der Waals surface area contributed by atoms with Crippen molar-refractivity contribution in [3.8, 4) is 5.75 Å². The topological polar surface area (TPSA) is 38.3 Å². The lowest BCUT2D eigenvalue weighted by molar-refractivity contribution is 0.102. The van der Waals surface area contributed by atoms with E-state index in [-0.39, 0.29) is 5.91 Å². The molecule has 0 atom stereocenters. The minimum Gasteiger partial charge on any atom is -0.494 e. The molecule has 116 valence electrons.